The summed E-state index contributed by atoms with van der Waals surface area (Å²) in [6.45, 7) is 3.53. The van der Waals surface area contributed by atoms with Crippen LogP contribution in [0.4, 0.5) is 4.39 Å². The Morgan fingerprint density at radius 1 is 1.24 bits per heavy atom. The van der Waals surface area contributed by atoms with Crippen LogP contribution in [0.1, 0.15) is 19.4 Å². The Hall–Kier alpha value is -2.27. The number of rotatable bonds is 7. The standard InChI is InChI=1S/C19H21ClFNO3/c1-12(9-14-5-4-6-16(10-14)24-3)22-19(23)13(2)25-18-8-7-15(21)11-17(18)20/h4-8,10-13H,9H2,1-3H3,(H,22,23). The summed E-state index contributed by atoms with van der Waals surface area (Å²) >= 11 is 5.91. The van der Waals surface area contributed by atoms with Crippen molar-refractivity contribution in [1.29, 1.82) is 0 Å². The molecule has 0 saturated heterocycles. The molecule has 2 aromatic rings. The molecule has 2 unspecified atom stereocenters. The fourth-order valence-corrected chi connectivity index (χ4v) is 2.59. The van der Waals surface area contributed by atoms with Gasteiger partial charge < -0.3 is 14.8 Å². The van der Waals surface area contributed by atoms with Gasteiger partial charge in [-0.25, -0.2) is 4.39 Å². The molecule has 0 aliphatic carbocycles. The van der Waals surface area contributed by atoms with Gasteiger partial charge in [0.05, 0.1) is 12.1 Å². The van der Waals surface area contributed by atoms with Crippen LogP contribution in [-0.4, -0.2) is 25.2 Å². The van der Waals surface area contributed by atoms with Crippen LogP contribution in [0.25, 0.3) is 0 Å². The maximum atomic E-state index is 13.0. The van der Waals surface area contributed by atoms with Crippen molar-refractivity contribution in [2.75, 3.05) is 7.11 Å². The lowest BCUT2D eigenvalue weighted by Crippen LogP contribution is -2.42. The molecule has 4 nitrogen and oxygen atoms in total. The first-order chi connectivity index (χ1) is 11.9. The van der Waals surface area contributed by atoms with Gasteiger partial charge in [0.15, 0.2) is 6.10 Å². The fourth-order valence-electron chi connectivity index (χ4n) is 2.38. The van der Waals surface area contributed by atoms with E-state index >= 15 is 0 Å². The number of benzene rings is 2. The van der Waals surface area contributed by atoms with E-state index in [0.29, 0.717) is 6.42 Å². The average Bonchev–Trinajstić information content (AvgIpc) is 2.57. The minimum Gasteiger partial charge on any atom is -0.497 e. The Kier molecular flexibility index (Phi) is 6.65. The zero-order chi connectivity index (χ0) is 18.4. The highest BCUT2D eigenvalue weighted by molar-refractivity contribution is 6.32. The van der Waals surface area contributed by atoms with Gasteiger partial charge in [-0.3, -0.25) is 4.79 Å². The summed E-state index contributed by atoms with van der Waals surface area (Å²) in [5, 5.41) is 3.02. The van der Waals surface area contributed by atoms with E-state index in [1.54, 1.807) is 14.0 Å². The lowest BCUT2D eigenvalue weighted by Gasteiger charge is -2.19. The normalized spacial score (nSPS) is 13.0. The van der Waals surface area contributed by atoms with Crippen molar-refractivity contribution in [2.24, 2.45) is 0 Å². The third kappa shape index (κ3) is 5.64. The second kappa shape index (κ2) is 8.72. The number of amides is 1. The summed E-state index contributed by atoms with van der Waals surface area (Å²) in [6.07, 6.45) is -0.0943. The molecule has 0 spiro atoms. The summed E-state index contributed by atoms with van der Waals surface area (Å²) in [5.41, 5.74) is 1.06. The van der Waals surface area contributed by atoms with E-state index in [2.05, 4.69) is 5.32 Å². The molecule has 0 aliphatic rings. The van der Waals surface area contributed by atoms with Crippen LogP contribution >= 0.6 is 11.6 Å². The third-order valence-corrected chi connectivity index (χ3v) is 3.93. The van der Waals surface area contributed by atoms with Gasteiger partial charge in [0.2, 0.25) is 0 Å². The molecule has 2 aromatic carbocycles. The molecule has 0 aliphatic heterocycles. The monoisotopic (exact) mass is 365 g/mol. The van der Waals surface area contributed by atoms with Gasteiger partial charge in [0, 0.05) is 6.04 Å². The third-order valence-electron chi connectivity index (χ3n) is 3.63. The first kappa shape index (κ1) is 19.1. The van der Waals surface area contributed by atoms with Crippen molar-refractivity contribution in [3.8, 4) is 11.5 Å². The molecule has 25 heavy (non-hydrogen) atoms. The van der Waals surface area contributed by atoms with E-state index in [1.165, 1.54) is 12.1 Å². The highest BCUT2D eigenvalue weighted by Gasteiger charge is 2.18. The SMILES string of the molecule is COc1cccc(CC(C)NC(=O)C(C)Oc2ccc(F)cc2Cl)c1. The van der Waals surface area contributed by atoms with Crippen LogP contribution in [0.15, 0.2) is 42.5 Å². The molecule has 0 fully saturated rings. The summed E-state index contributed by atoms with van der Waals surface area (Å²) in [7, 11) is 1.61. The van der Waals surface area contributed by atoms with E-state index in [4.69, 9.17) is 21.1 Å². The van der Waals surface area contributed by atoms with E-state index in [0.717, 1.165) is 17.4 Å². The minimum absolute atomic E-state index is 0.0886. The van der Waals surface area contributed by atoms with E-state index in [-0.39, 0.29) is 22.7 Å². The molecule has 1 N–H and O–H groups in total. The molecule has 0 heterocycles. The number of carbonyl (C=O) groups excluding carboxylic acids is 1. The highest BCUT2D eigenvalue weighted by Crippen LogP contribution is 2.25. The largest absolute Gasteiger partial charge is 0.497 e. The van der Waals surface area contributed by atoms with Crippen molar-refractivity contribution < 1.29 is 18.7 Å². The average molecular weight is 366 g/mol. The first-order valence-corrected chi connectivity index (χ1v) is 8.32. The first-order valence-electron chi connectivity index (χ1n) is 7.94. The van der Waals surface area contributed by atoms with Gasteiger partial charge >= 0.3 is 0 Å². The maximum absolute atomic E-state index is 13.0. The Bertz CT molecular complexity index is 738. The summed E-state index contributed by atoms with van der Waals surface area (Å²) in [5.74, 6) is 0.321. The van der Waals surface area contributed by atoms with E-state index in [9.17, 15) is 9.18 Å². The maximum Gasteiger partial charge on any atom is 0.260 e. The number of hydrogen-bond acceptors (Lipinski definition) is 3. The van der Waals surface area contributed by atoms with E-state index < -0.39 is 11.9 Å². The summed E-state index contributed by atoms with van der Waals surface area (Å²) < 4.78 is 23.8. The molecular weight excluding hydrogens is 345 g/mol. The van der Waals surface area contributed by atoms with Gasteiger partial charge in [-0.2, -0.15) is 0 Å². The highest BCUT2D eigenvalue weighted by atomic mass is 35.5. The molecule has 0 saturated carbocycles. The number of nitrogens with one attached hydrogen (secondary N) is 1. The number of ether oxygens (including phenoxy) is 2. The Morgan fingerprint density at radius 3 is 2.68 bits per heavy atom. The molecule has 0 radical (unpaired) electrons. The number of carbonyl (C=O) groups is 1. The molecule has 134 valence electrons. The molecule has 2 atom stereocenters. The Labute approximate surface area is 151 Å². The van der Waals surface area contributed by atoms with Gasteiger partial charge in [0.1, 0.15) is 17.3 Å². The molecule has 2 rings (SSSR count). The van der Waals surface area contributed by atoms with Crippen LogP contribution < -0.4 is 14.8 Å². The lowest BCUT2D eigenvalue weighted by molar-refractivity contribution is -0.127. The number of halogens is 2. The second-order valence-electron chi connectivity index (χ2n) is 5.80. The van der Waals surface area contributed by atoms with Crippen molar-refractivity contribution in [1.82, 2.24) is 5.32 Å². The van der Waals surface area contributed by atoms with Crippen LogP contribution in [0.3, 0.4) is 0 Å². The molecular formula is C19H21ClFNO3. The molecule has 0 bridgehead atoms. The van der Waals surface area contributed by atoms with Crippen molar-refractivity contribution in [3.05, 3.63) is 58.9 Å². The second-order valence-corrected chi connectivity index (χ2v) is 6.21. The van der Waals surface area contributed by atoms with Crippen LogP contribution in [0, 0.1) is 5.82 Å². The topological polar surface area (TPSA) is 47.6 Å². The fraction of sp³-hybridized carbons (Fsp3) is 0.316. The van der Waals surface area contributed by atoms with Crippen LogP contribution in [-0.2, 0) is 11.2 Å². The van der Waals surface area contributed by atoms with Gasteiger partial charge in [0.25, 0.3) is 5.91 Å². The smallest absolute Gasteiger partial charge is 0.260 e. The van der Waals surface area contributed by atoms with Crippen molar-refractivity contribution >= 4 is 17.5 Å². The molecule has 0 aromatic heterocycles. The molecule has 1 amide bonds. The summed E-state index contributed by atoms with van der Waals surface area (Å²) in [6, 6.07) is 11.4. The molecule has 6 heteroatoms. The zero-order valence-electron chi connectivity index (χ0n) is 14.4. The van der Waals surface area contributed by atoms with Crippen LogP contribution in [0.5, 0.6) is 11.5 Å². The Morgan fingerprint density at radius 2 is 2.00 bits per heavy atom. The number of hydrogen-bond donors (Lipinski definition) is 1. The van der Waals surface area contributed by atoms with E-state index in [1.807, 2.05) is 31.2 Å². The minimum atomic E-state index is -0.754. The quantitative estimate of drug-likeness (QED) is 0.806. The Balaban J connectivity index is 1.91. The number of methoxy groups -OCH3 is 1. The van der Waals surface area contributed by atoms with Gasteiger partial charge in [-0.15, -0.1) is 0 Å². The predicted octanol–water partition coefficient (Wildman–Crippen LogP) is 4.00. The van der Waals surface area contributed by atoms with Crippen molar-refractivity contribution in [2.45, 2.75) is 32.4 Å². The van der Waals surface area contributed by atoms with Crippen molar-refractivity contribution in [3.63, 3.8) is 0 Å². The predicted molar refractivity (Wildman–Crippen MR) is 95.8 cm³/mol. The van der Waals surface area contributed by atoms with Crippen LogP contribution in [0.2, 0.25) is 5.02 Å². The summed E-state index contributed by atoms with van der Waals surface area (Å²) in [4.78, 5) is 12.3. The van der Waals surface area contributed by atoms with Gasteiger partial charge in [-0.1, -0.05) is 23.7 Å². The zero-order valence-corrected chi connectivity index (χ0v) is 15.1. The van der Waals surface area contributed by atoms with Gasteiger partial charge in [-0.05, 0) is 56.2 Å². The lowest BCUT2D eigenvalue weighted by atomic mass is 10.1.